The number of amides is 1. The Kier molecular flexibility index (Phi) is 4.77. The Morgan fingerprint density at radius 1 is 1.04 bits per heavy atom. The molecule has 1 amide bonds. The van der Waals surface area contributed by atoms with E-state index in [1.54, 1.807) is 17.0 Å². The van der Waals surface area contributed by atoms with Gasteiger partial charge in [0.25, 0.3) is 5.91 Å². The van der Waals surface area contributed by atoms with Crippen molar-refractivity contribution in [2.24, 2.45) is 0 Å². The number of fused-ring (bicyclic) bond motifs is 2. The normalized spacial score (nSPS) is 16.2. The van der Waals surface area contributed by atoms with Gasteiger partial charge in [-0.15, -0.1) is 0 Å². The Labute approximate surface area is 164 Å². The lowest BCUT2D eigenvalue weighted by Gasteiger charge is -2.26. The average Bonchev–Trinajstić information content (AvgIpc) is 2.99. The number of aryl methyl sites for hydroxylation is 1. The molecule has 5 heteroatoms. The Balaban J connectivity index is 1.90. The number of rotatable bonds is 5. The maximum Gasteiger partial charge on any atom is 0.290 e. The van der Waals surface area contributed by atoms with Crippen LogP contribution in [0.4, 0.5) is 0 Å². The third kappa shape index (κ3) is 3.02. The zero-order valence-electron chi connectivity index (χ0n) is 16.4. The molecule has 1 unspecified atom stereocenters. The van der Waals surface area contributed by atoms with Crippen LogP contribution in [0, 0.1) is 0 Å². The standard InChI is InChI=1S/C23H24N2O3/c1-4-15-9-11-16(12-10-15)20-19-21(26)17-7-5-6-8-18(17)28-22(19)23(27)25(20)14-13-24(2)3/h5-12,20H,4,13-14H2,1-3H3. The number of para-hydroxylation sites is 1. The lowest BCUT2D eigenvalue weighted by molar-refractivity contribution is 0.0716. The molecule has 3 aromatic rings. The molecule has 4 rings (SSSR count). The molecule has 0 N–H and O–H groups in total. The summed E-state index contributed by atoms with van der Waals surface area (Å²) >= 11 is 0. The first-order chi connectivity index (χ1) is 13.5. The van der Waals surface area contributed by atoms with Crippen LogP contribution in [0.3, 0.4) is 0 Å². The summed E-state index contributed by atoms with van der Waals surface area (Å²) in [4.78, 5) is 30.3. The van der Waals surface area contributed by atoms with E-state index in [0.29, 0.717) is 29.6 Å². The summed E-state index contributed by atoms with van der Waals surface area (Å²) in [6.07, 6.45) is 0.942. The first-order valence-corrected chi connectivity index (χ1v) is 9.61. The third-order valence-electron chi connectivity index (χ3n) is 5.36. The van der Waals surface area contributed by atoms with Gasteiger partial charge in [0.15, 0.2) is 5.43 Å². The van der Waals surface area contributed by atoms with Gasteiger partial charge < -0.3 is 14.2 Å². The second-order valence-electron chi connectivity index (χ2n) is 7.47. The fourth-order valence-corrected chi connectivity index (χ4v) is 3.79. The van der Waals surface area contributed by atoms with Gasteiger partial charge in [-0.1, -0.05) is 43.3 Å². The summed E-state index contributed by atoms with van der Waals surface area (Å²) in [7, 11) is 3.94. The van der Waals surface area contributed by atoms with Crippen molar-refractivity contribution in [3.8, 4) is 0 Å². The van der Waals surface area contributed by atoms with Crippen molar-refractivity contribution in [3.05, 3.63) is 81.2 Å². The molecular weight excluding hydrogens is 352 g/mol. The van der Waals surface area contributed by atoms with Gasteiger partial charge in [0.1, 0.15) is 5.58 Å². The summed E-state index contributed by atoms with van der Waals surface area (Å²) in [6.45, 7) is 3.33. The molecule has 1 aliphatic rings. The van der Waals surface area contributed by atoms with Crippen molar-refractivity contribution >= 4 is 16.9 Å². The molecule has 0 spiro atoms. The van der Waals surface area contributed by atoms with E-state index in [1.165, 1.54) is 5.56 Å². The van der Waals surface area contributed by atoms with Crippen molar-refractivity contribution in [1.82, 2.24) is 9.80 Å². The number of carbonyl (C=O) groups is 1. The molecule has 1 aromatic heterocycles. The van der Waals surface area contributed by atoms with E-state index in [2.05, 4.69) is 19.1 Å². The van der Waals surface area contributed by atoms with Gasteiger partial charge in [-0.05, 0) is 43.8 Å². The Bertz CT molecular complexity index is 1080. The van der Waals surface area contributed by atoms with Crippen molar-refractivity contribution in [2.75, 3.05) is 27.2 Å². The van der Waals surface area contributed by atoms with E-state index in [-0.39, 0.29) is 17.1 Å². The van der Waals surface area contributed by atoms with Crippen molar-refractivity contribution in [3.63, 3.8) is 0 Å². The van der Waals surface area contributed by atoms with Crippen LogP contribution in [0.5, 0.6) is 0 Å². The smallest absolute Gasteiger partial charge is 0.290 e. The van der Waals surface area contributed by atoms with E-state index < -0.39 is 6.04 Å². The van der Waals surface area contributed by atoms with Crippen LogP contribution in [0.1, 0.15) is 40.2 Å². The SMILES string of the molecule is CCc1ccc(C2c3c(oc4ccccc4c3=O)C(=O)N2CCN(C)C)cc1. The molecule has 0 fully saturated rings. The summed E-state index contributed by atoms with van der Waals surface area (Å²) in [5.74, 6) is -0.0451. The second-order valence-corrected chi connectivity index (χ2v) is 7.47. The molecular formula is C23H24N2O3. The zero-order valence-corrected chi connectivity index (χ0v) is 16.4. The number of hydrogen-bond acceptors (Lipinski definition) is 4. The van der Waals surface area contributed by atoms with Crippen LogP contribution in [0.2, 0.25) is 0 Å². The Morgan fingerprint density at radius 2 is 1.75 bits per heavy atom. The van der Waals surface area contributed by atoms with E-state index in [9.17, 15) is 9.59 Å². The Morgan fingerprint density at radius 3 is 2.43 bits per heavy atom. The highest BCUT2D eigenvalue weighted by molar-refractivity contribution is 5.99. The molecule has 28 heavy (non-hydrogen) atoms. The van der Waals surface area contributed by atoms with Crippen LogP contribution in [0.25, 0.3) is 11.0 Å². The lowest BCUT2D eigenvalue weighted by Crippen LogP contribution is -2.35. The van der Waals surface area contributed by atoms with Crippen LogP contribution in [-0.2, 0) is 6.42 Å². The van der Waals surface area contributed by atoms with Gasteiger partial charge in [-0.3, -0.25) is 9.59 Å². The van der Waals surface area contributed by atoms with Crippen LogP contribution in [0.15, 0.2) is 57.7 Å². The van der Waals surface area contributed by atoms with Gasteiger partial charge in [0, 0.05) is 13.1 Å². The van der Waals surface area contributed by atoms with Gasteiger partial charge in [-0.2, -0.15) is 0 Å². The maximum absolute atomic E-state index is 13.3. The van der Waals surface area contributed by atoms with E-state index in [1.807, 2.05) is 43.3 Å². The monoisotopic (exact) mass is 376 g/mol. The molecule has 0 radical (unpaired) electrons. The number of benzene rings is 2. The lowest BCUT2D eigenvalue weighted by atomic mass is 9.97. The third-order valence-corrected chi connectivity index (χ3v) is 5.36. The van der Waals surface area contributed by atoms with E-state index in [4.69, 9.17) is 4.42 Å². The molecule has 0 saturated carbocycles. The fourth-order valence-electron chi connectivity index (χ4n) is 3.79. The number of hydrogen-bond donors (Lipinski definition) is 0. The maximum atomic E-state index is 13.3. The van der Waals surface area contributed by atoms with Crippen LogP contribution in [-0.4, -0.2) is 42.9 Å². The van der Waals surface area contributed by atoms with E-state index >= 15 is 0 Å². The van der Waals surface area contributed by atoms with Crippen molar-refractivity contribution in [1.29, 1.82) is 0 Å². The molecule has 0 saturated heterocycles. The zero-order chi connectivity index (χ0) is 19.8. The first-order valence-electron chi connectivity index (χ1n) is 9.61. The molecule has 0 bridgehead atoms. The minimum Gasteiger partial charge on any atom is -0.450 e. The predicted octanol–water partition coefficient (Wildman–Crippen LogP) is 3.46. The molecule has 1 atom stereocenters. The van der Waals surface area contributed by atoms with Gasteiger partial charge in [0.2, 0.25) is 5.76 Å². The second kappa shape index (κ2) is 7.24. The minimum atomic E-state index is -0.422. The molecule has 5 nitrogen and oxygen atoms in total. The van der Waals surface area contributed by atoms with Crippen molar-refractivity contribution in [2.45, 2.75) is 19.4 Å². The largest absolute Gasteiger partial charge is 0.450 e. The van der Waals surface area contributed by atoms with Gasteiger partial charge in [-0.25, -0.2) is 0 Å². The topological polar surface area (TPSA) is 53.8 Å². The minimum absolute atomic E-state index is 0.123. The Hall–Kier alpha value is -2.92. The van der Waals surface area contributed by atoms with Gasteiger partial charge >= 0.3 is 0 Å². The molecule has 0 aliphatic carbocycles. The highest BCUT2D eigenvalue weighted by atomic mass is 16.3. The summed E-state index contributed by atoms with van der Waals surface area (Å²) in [5, 5.41) is 0.513. The predicted molar refractivity (Wildman–Crippen MR) is 110 cm³/mol. The van der Waals surface area contributed by atoms with Crippen LogP contribution < -0.4 is 5.43 Å². The molecule has 2 heterocycles. The summed E-state index contributed by atoms with van der Waals surface area (Å²) in [6, 6.07) is 14.8. The van der Waals surface area contributed by atoms with Gasteiger partial charge in [0.05, 0.1) is 17.0 Å². The highest BCUT2D eigenvalue weighted by Gasteiger charge is 2.42. The quantitative estimate of drug-likeness (QED) is 0.684. The fraction of sp³-hybridized carbons (Fsp3) is 0.304. The first kappa shape index (κ1) is 18.4. The summed E-state index contributed by atoms with van der Waals surface area (Å²) in [5.41, 5.74) is 2.94. The highest BCUT2D eigenvalue weighted by Crippen LogP contribution is 2.38. The summed E-state index contributed by atoms with van der Waals surface area (Å²) < 4.78 is 5.93. The number of nitrogens with zero attached hydrogens (tertiary/aromatic N) is 2. The molecule has 2 aromatic carbocycles. The van der Waals surface area contributed by atoms with Crippen LogP contribution >= 0.6 is 0 Å². The number of likely N-dealkylation sites (N-methyl/N-ethyl adjacent to an activating group) is 1. The van der Waals surface area contributed by atoms with E-state index in [0.717, 1.165) is 12.0 Å². The number of carbonyl (C=O) groups excluding carboxylic acids is 1. The molecule has 144 valence electrons. The average molecular weight is 376 g/mol. The van der Waals surface area contributed by atoms with Crippen molar-refractivity contribution < 1.29 is 9.21 Å². The molecule has 1 aliphatic heterocycles.